The number of hydrogen-bond acceptors (Lipinski definition) is 5. The van der Waals surface area contributed by atoms with E-state index in [9.17, 15) is 13.2 Å². The van der Waals surface area contributed by atoms with Crippen molar-refractivity contribution in [1.82, 2.24) is 14.6 Å². The maximum absolute atomic E-state index is 13.0. The molecular weight excluding hydrogens is 438 g/mol. The van der Waals surface area contributed by atoms with E-state index in [1.54, 1.807) is 43.3 Å². The molecule has 1 heterocycles. The predicted molar refractivity (Wildman–Crippen MR) is 129 cm³/mol. The first-order valence-corrected chi connectivity index (χ1v) is 12.3. The number of benzene rings is 2. The van der Waals surface area contributed by atoms with Gasteiger partial charge in [0.1, 0.15) is 0 Å². The first-order chi connectivity index (χ1) is 15.9. The van der Waals surface area contributed by atoms with Gasteiger partial charge in [0.15, 0.2) is 0 Å². The van der Waals surface area contributed by atoms with Gasteiger partial charge in [0.25, 0.3) is 0 Å². The number of aromatic nitrogens is 1. The van der Waals surface area contributed by atoms with E-state index in [2.05, 4.69) is 9.71 Å². The molecule has 0 fully saturated rings. The minimum Gasteiger partial charge on any atom is -0.481 e. The summed E-state index contributed by atoms with van der Waals surface area (Å²) in [7, 11) is -2.21. The molecule has 33 heavy (non-hydrogen) atoms. The number of likely N-dealkylation sites (N-methyl/N-ethyl adjacent to an activating group) is 1. The van der Waals surface area contributed by atoms with Crippen molar-refractivity contribution in [2.45, 2.75) is 25.2 Å². The van der Waals surface area contributed by atoms with Crippen LogP contribution in [0.25, 0.3) is 11.1 Å². The fourth-order valence-electron chi connectivity index (χ4n) is 3.61. The Morgan fingerprint density at radius 3 is 2.45 bits per heavy atom. The Balaban J connectivity index is 1.68. The number of methoxy groups -OCH3 is 1. The lowest BCUT2D eigenvalue weighted by molar-refractivity contribution is -0.130. The molecule has 2 aromatic carbocycles. The molecule has 0 unspecified atom stereocenters. The summed E-state index contributed by atoms with van der Waals surface area (Å²) >= 11 is 0. The van der Waals surface area contributed by atoms with Crippen molar-refractivity contribution in [2.75, 3.05) is 26.7 Å². The normalized spacial score (nSPS) is 11.2. The monoisotopic (exact) mass is 467 g/mol. The average Bonchev–Trinajstić information content (AvgIpc) is 2.82. The molecule has 1 aromatic heterocycles. The van der Waals surface area contributed by atoms with Crippen LogP contribution in [0.1, 0.15) is 18.1 Å². The maximum atomic E-state index is 13.0. The van der Waals surface area contributed by atoms with E-state index in [1.165, 1.54) is 0 Å². The lowest BCUT2D eigenvalue weighted by atomic mass is 10.0. The van der Waals surface area contributed by atoms with Gasteiger partial charge < -0.3 is 9.64 Å². The van der Waals surface area contributed by atoms with Crippen molar-refractivity contribution < 1.29 is 17.9 Å². The van der Waals surface area contributed by atoms with Gasteiger partial charge in [0.2, 0.25) is 21.8 Å². The SMILES string of the molecule is CCN(CCNS(=O)(=O)c1cccc(-c2ccc(OC)nc2)c1C)C(=O)Cc1ccccc1. The van der Waals surface area contributed by atoms with Gasteiger partial charge in [-0.2, -0.15) is 0 Å². The average molecular weight is 468 g/mol. The summed E-state index contributed by atoms with van der Waals surface area (Å²) < 4.78 is 33.8. The zero-order valence-electron chi connectivity index (χ0n) is 19.1. The third-order valence-electron chi connectivity index (χ3n) is 5.44. The van der Waals surface area contributed by atoms with E-state index in [1.807, 2.05) is 49.4 Å². The van der Waals surface area contributed by atoms with E-state index in [0.717, 1.165) is 16.7 Å². The number of carbonyl (C=O) groups is 1. The van der Waals surface area contributed by atoms with Crippen molar-refractivity contribution in [3.05, 3.63) is 78.0 Å². The number of pyridine rings is 1. The number of rotatable bonds is 10. The summed E-state index contributed by atoms with van der Waals surface area (Å²) in [5, 5.41) is 0. The minimum atomic E-state index is -3.76. The lowest BCUT2D eigenvalue weighted by Crippen LogP contribution is -2.39. The van der Waals surface area contributed by atoms with Gasteiger partial charge in [0.05, 0.1) is 18.4 Å². The first kappa shape index (κ1) is 24.4. The van der Waals surface area contributed by atoms with Gasteiger partial charge in [0, 0.05) is 37.5 Å². The molecule has 0 aliphatic heterocycles. The van der Waals surface area contributed by atoms with E-state index < -0.39 is 10.0 Å². The molecule has 0 saturated heterocycles. The maximum Gasteiger partial charge on any atom is 0.240 e. The van der Waals surface area contributed by atoms with Crippen molar-refractivity contribution in [3.63, 3.8) is 0 Å². The molecule has 0 aliphatic rings. The highest BCUT2D eigenvalue weighted by atomic mass is 32.2. The van der Waals surface area contributed by atoms with Crippen molar-refractivity contribution >= 4 is 15.9 Å². The Labute approximate surface area is 195 Å². The van der Waals surface area contributed by atoms with E-state index >= 15 is 0 Å². The number of hydrogen-bond donors (Lipinski definition) is 1. The molecule has 0 aliphatic carbocycles. The van der Waals surface area contributed by atoms with Gasteiger partial charge in [-0.15, -0.1) is 0 Å². The highest BCUT2D eigenvalue weighted by Gasteiger charge is 2.20. The van der Waals surface area contributed by atoms with Crippen LogP contribution in [0.2, 0.25) is 0 Å². The second-order valence-electron chi connectivity index (χ2n) is 7.55. The van der Waals surface area contributed by atoms with E-state index in [-0.39, 0.29) is 17.3 Å². The second kappa shape index (κ2) is 11.1. The van der Waals surface area contributed by atoms with Gasteiger partial charge in [-0.25, -0.2) is 18.1 Å². The molecule has 1 amide bonds. The smallest absolute Gasteiger partial charge is 0.240 e. The Hall–Kier alpha value is -3.23. The Morgan fingerprint density at radius 2 is 1.82 bits per heavy atom. The standard InChI is InChI=1S/C25H29N3O4S/c1-4-28(25(29)17-20-9-6-5-7-10-20)16-15-27-33(30,31)23-12-8-11-22(19(23)2)21-13-14-24(32-3)26-18-21/h5-14,18,27H,4,15-17H2,1-3H3. The van der Waals surface area contributed by atoms with Crippen LogP contribution in [0.15, 0.2) is 71.8 Å². The van der Waals surface area contributed by atoms with Crippen molar-refractivity contribution in [3.8, 4) is 17.0 Å². The van der Waals surface area contributed by atoms with Crippen LogP contribution in [0, 0.1) is 6.92 Å². The highest BCUT2D eigenvalue weighted by Crippen LogP contribution is 2.28. The van der Waals surface area contributed by atoms with Gasteiger partial charge in [-0.05, 0) is 42.7 Å². The van der Waals surface area contributed by atoms with Gasteiger partial charge in [-0.1, -0.05) is 42.5 Å². The van der Waals surface area contributed by atoms with Crippen molar-refractivity contribution in [1.29, 1.82) is 0 Å². The summed E-state index contributed by atoms with van der Waals surface area (Å²) in [6, 6.07) is 18.2. The number of nitrogens with zero attached hydrogens (tertiary/aromatic N) is 2. The molecule has 174 valence electrons. The molecular formula is C25H29N3O4S. The minimum absolute atomic E-state index is 0.0342. The Kier molecular flexibility index (Phi) is 8.19. The number of nitrogens with one attached hydrogen (secondary N) is 1. The van der Waals surface area contributed by atoms with Crippen LogP contribution in [0.3, 0.4) is 0 Å². The quantitative estimate of drug-likeness (QED) is 0.494. The van der Waals surface area contributed by atoms with Crippen LogP contribution < -0.4 is 9.46 Å². The van der Waals surface area contributed by atoms with Crippen LogP contribution in [0.4, 0.5) is 0 Å². The van der Waals surface area contributed by atoms with Gasteiger partial charge in [-0.3, -0.25) is 4.79 Å². The molecule has 8 heteroatoms. The lowest BCUT2D eigenvalue weighted by Gasteiger charge is -2.21. The molecule has 0 bridgehead atoms. The number of carbonyl (C=O) groups excluding carboxylic acids is 1. The molecule has 0 saturated carbocycles. The van der Waals surface area contributed by atoms with Gasteiger partial charge >= 0.3 is 0 Å². The Morgan fingerprint density at radius 1 is 1.06 bits per heavy atom. The second-order valence-corrected chi connectivity index (χ2v) is 9.29. The zero-order chi connectivity index (χ0) is 23.8. The third-order valence-corrected chi connectivity index (χ3v) is 7.04. The topological polar surface area (TPSA) is 88.6 Å². The summed E-state index contributed by atoms with van der Waals surface area (Å²) in [6.07, 6.45) is 1.95. The van der Waals surface area contributed by atoms with Crippen LogP contribution in [-0.2, 0) is 21.2 Å². The van der Waals surface area contributed by atoms with Crippen LogP contribution >= 0.6 is 0 Å². The molecule has 3 rings (SSSR count). The third kappa shape index (κ3) is 6.18. The summed E-state index contributed by atoms with van der Waals surface area (Å²) in [6.45, 7) is 4.59. The molecule has 7 nitrogen and oxygen atoms in total. The fourth-order valence-corrected chi connectivity index (χ4v) is 4.90. The highest BCUT2D eigenvalue weighted by molar-refractivity contribution is 7.89. The summed E-state index contributed by atoms with van der Waals surface area (Å²) in [4.78, 5) is 18.7. The summed E-state index contributed by atoms with van der Waals surface area (Å²) in [5.41, 5.74) is 3.14. The van der Waals surface area contributed by atoms with E-state index in [0.29, 0.717) is 31.0 Å². The van der Waals surface area contributed by atoms with Crippen LogP contribution in [-0.4, -0.2) is 51.0 Å². The predicted octanol–water partition coefficient (Wildman–Crippen LogP) is 3.44. The summed E-state index contributed by atoms with van der Waals surface area (Å²) in [5.74, 6) is 0.456. The largest absolute Gasteiger partial charge is 0.481 e. The Bertz CT molecular complexity index is 1180. The van der Waals surface area contributed by atoms with E-state index in [4.69, 9.17) is 4.74 Å². The van der Waals surface area contributed by atoms with Crippen LogP contribution in [0.5, 0.6) is 5.88 Å². The number of sulfonamides is 1. The molecule has 0 atom stereocenters. The number of amides is 1. The molecule has 1 N–H and O–H groups in total. The molecule has 3 aromatic rings. The fraction of sp³-hybridized carbons (Fsp3) is 0.280. The van der Waals surface area contributed by atoms with Crippen molar-refractivity contribution in [2.24, 2.45) is 0 Å². The first-order valence-electron chi connectivity index (χ1n) is 10.8. The molecule has 0 radical (unpaired) electrons. The number of ether oxygens (including phenoxy) is 1. The molecule has 0 spiro atoms. The zero-order valence-corrected chi connectivity index (χ0v) is 19.9.